The number of nitro groups is 1. The molecule has 0 aliphatic rings. The van der Waals surface area contributed by atoms with Gasteiger partial charge in [0.2, 0.25) is 5.75 Å². The molecule has 0 aliphatic carbocycles. The molecule has 0 heterocycles. The molecular weight excluding hydrogens is 203 g/mol. The van der Waals surface area contributed by atoms with Crippen LogP contribution < -0.4 is 4.74 Å². The Bertz CT molecular complexity index is 394. The Morgan fingerprint density at radius 3 is 2.71 bits per heavy atom. The molecule has 0 N–H and O–H groups in total. The molecule has 1 aromatic rings. The van der Waals surface area contributed by atoms with Gasteiger partial charge in [0.25, 0.3) is 0 Å². The quantitative estimate of drug-likeness (QED) is 0.565. The first-order valence-corrected chi connectivity index (χ1v) is 3.30. The van der Waals surface area contributed by atoms with Gasteiger partial charge in [-0.25, -0.2) is 4.39 Å². The SMILES string of the molecule is [2H]C(F)(F)Oc1cc(F)ccc1[N+](=O)[O-]. The van der Waals surface area contributed by atoms with Crippen molar-refractivity contribution >= 4 is 5.69 Å². The van der Waals surface area contributed by atoms with Crippen molar-refractivity contribution in [3.63, 3.8) is 0 Å². The minimum Gasteiger partial charge on any atom is -0.427 e. The van der Waals surface area contributed by atoms with Crippen LogP contribution in [0.5, 0.6) is 5.75 Å². The van der Waals surface area contributed by atoms with Crippen LogP contribution >= 0.6 is 0 Å². The van der Waals surface area contributed by atoms with Crippen molar-refractivity contribution in [2.75, 3.05) is 0 Å². The minimum atomic E-state index is -4.35. The fraction of sp³-hybridized carbons (Fsp3) is 0.143. The van der Waals surface area contributed by atoms with Gasteiger partial charge in [-0.05, 0) is 6.07 Å². The number of alkyl halides is 2. The standard InChI is InChI=1S/C7H4F3NO3/c8-4-1-2-5(11(12)13)6(3-4)14-7(9)10/h1-3,7H/i7D. The lowest BCUT2D eigenvalue weighted by molar-refractivity contribution is -0.386. The maximum Gasteiger partial charge on any atom is 0.387 e. The number of rotatable bonds is 3. The maximum atomic E-state index is 12.6. The summed E-state index contributed by atoms with van der Waals surface area (Å²) in [6, 6.07) is 1.82. The Morgan fingerprint density at radius 1 is 1.57 bits per heavy atom. The van der Waals surface area contributed by atoms with E-state index in [1.807, 2.05) is 0 Å². The molecule has 14 heavy (non-hydrogen) atoms. The van der Waals surface area contributed by atoms with Crippen molar-refractivity contribution < 1.29 is 24.2 Å². The molecule has 76 valence electrons. The zero-order valence-corrected chi connectivity index (χ0v) is 6.54. The van der Waals surface area contributed by atoms with E-state index >= 15 is 0 Å². The lowest BCUT2D eigenvalue weighted by atomic mass is 10.3. The van der Waals surface area contributed by atoms with Crippen LogP contribution in [0.3, 0.4) is 0 Å². The average Bonchev–Trinajstić information content (AvgIpc) is 1.99. The summed E-state index contributed by atoms with van der Waals surface area (Å²) in [5.74, 6) is -1.96. The molecule has 0 radical (unpaired) electrons. The van der Waals surface area contributed by atoms with Gasteiger partial charge in [-0.15, -0.1) is 0 Å². The molecule has 1 rings (SSSR count). The first-order chi connectivity index (χ1) is 6.79. The van der Waals surface area contributed by atoms with Gasteiger partial charge in [0.15, 0.2) is 1.37 Å². The predicted octanol–water partition coefficient (Wildman–Crippen LogP) is 2.34. The smallest absolute Gasteiger partial charge is 0.387 e. The van der Waals surface area contributed by atoms with Crippen molar-refractivity contribution in [2.24, 2.45) is 0 Å². The van der Waals surface area contributed by atoms with E-state index in [9.17, 15) is 23.3 Å². The summed E-state index contributed by atoms with van der Waals surface area (Å²) < 4.78 is 46.4. The molecule has 0 spiro atoms. The normalized spacial score (nSPS) is 12.1. The van der Waals surface area contributed by atoms with Crippen LogP contribution in [0.25, 0.3) is 0 Å². The molecule has 0 aliphatic heterocycles. The van der Waals surface area contributed by atoms with Crippen molar-refractivity contribution in [1.82, 2.24) is 0 Å². The Labute approximate surface area is 77.5 Å². The van der Waals surface area contributed by atoms with E-state index in [2.05, 4.69) is 4.74 Å². The van der Waals surface area contributed by atoms with E-state index in [-0.39, 0.29) is 0 Å². The van der Waals surface area contributed by atoms with Crippen LogP contribution in [0.4, 0.5) is 18.9 Å². The molecule has 0 atom stereocenters. The highest BCUT2D eigenvalue weighted by atomic mass is 19.3. The number of halogens is 3. The summed E-state index contributed by atoms with van der Waals surface area (Å²) in [7, 11) is 0. The summed E-state index contributed by atoms with van der Waals surface area (Å²) in [6.45, 7) is -4.35. The van der Waals surface area contributed by atoms with E-state index in [1.54, 1.807) is 0 Å². The lowest BCUT2D eigenvalue weighted by Crippen LogP contribution is -2.04. The van der Waals surface area contributed by atoms with E-state index in [1.165, 1.54) is 0 Å². The Kier molecular flexibility index (Phi) is 2.48. The van der Waals surface area contributed by atoms with Crippen molar-refractivity contribution in [1.29, 1.82) is 0 Å². The molecule has 0 aromatic heterocycles. The first-order valence-electron chi connectivity index (χ1n) is 3.80. The van der Waals surface area contributed by atoms with E-state index in [0.717, 1.165) is 6.07 Å². The molecule has 1 aromatic carbocycles. The molecular formula is C7H4F3NO3. The highest BCUT2D eigenvalue weighted by Crippen LogP contribution is 2.28. The maximum absolute atomic E-state index is 12.6. The molecule has 0 bridgehead atoms. The highest BCUT2D eigenvalue weighted by Gasteiger charge is 2.18. The van der Waals surface area contributed by atoms with Crippen LogP contribution in [0.2, 0.25) is 0 Å². The monoisotopic (exact) mass is 208 g/mol. The highest BCUT2D eigenvalue weighted by molar-refractivity contribution is 5.46. The molecule has 7 heteroatoms. The summed E-state index contributed by atoms with van der Waals surface area (Å²) in [4.78, 5) is 9.30. The summed E-state index contributed by atoms with van der Waals surface area (Å²) in [5.41, 5.74) is -0.830. The number of ether oxygens (including phenoxy) is 1. The molecule has 4 nitrogen and oxygen atoms in total. The summed E-state index contributed by atoms with van der Waals surface area (Å²) >= 11 is 0. The fourth-order valence-corrected chi connectivity index (χ4v) is 0.804. The number of nitrogens with zero attached hydrogens (tertiary/aromatic N) is 1. The third-order valence-corrected chi connectivity index (χ3v) is 1.31. The molecule has 0 unspecified atom stereocenters. The topological polar surface area (TPSA) is 52.4 Å². The van der Waals surface area contributed by atoms with Gasteiger partial charge in [-0.1, -0.05) is 0 Å². The van der Waals surface area contributed by atoms with Gasteiger partial charge in [-0.3, -0.25) is 10.1 Å². The Balaban J connectivity index is 3.13. The average molecular weight is 208 g/mol. The van der Waals surface area contributed by atoms with Crippen molar-refractivity contribution in [3.8, 4) is 5.75 Å². The van der Waals surface area contributed by atoms with Gasteiger partial charge >= 0.3 is 12.3 Å². The van der Waals surface area contributed by atoms with Gasteiger partial charge in [0, 0.05) is 12.1 Å². The van der Waals surface area contributed by atoms with Gasteiger partial charge in [-0.2, -0.15) is 8.78 Å². The number of nitro benzene ring substituents is 1. The number of hydrogen-bond donors (Lipinski definition) is 0. The van der Waals surface area contributed by atoms with Crippen LogP contribution in [-0.2, 0) is 0 Å². The largest absolute Gasteiger partial charge is 0.427 e. The second-order valence-electron chi connectivity index (χ2n) is 2.20. The summed E-state index contributed by atoms with van der Waals surface area (Å²) in [6.07, 6.45) is 0. The van der Waals surface area contributed by atoms with Crippen LogP contribution in [0, 0.1) is 15.9 Å². The number of hydrogen-bond acceptors (Lipinski definition) is 3. The van der Waals surface area contributed by atoms with E-state index in [4.69, 9.17) is 1.37 Å². The van der Waals surface area contributed by atoms with E-state index in [0.29, 0.717) is 12.1 Å². The van der Waals surface area contributed by atoms with Crippen LogP contribution in [0.1, 0.15) is 1.37 Å². The molecule has 0 amide bonds. The zero-order valence-electron chi connectivity index (χ0n) is 7.54. The fourth-order valence-electron chi connectivity index (χ4n) is 0.804. The zero-order chi connectivity index (χ0) is 11.6. The third kappa shape index (κ3) is 2.35. The molecule has 0 saturated carbocycles. The van der Waals surface area contributed by atoms with Crippen LogP contribution in [-0.4, -0.2) is 11.5 Å². The van der Waals surface area contributed by atoms with Crippen LogP contribution in [0.15, 0.2) is 18.2 Å². The number of benzene rings is 1. The third-order valence-electron chi connectivity index (χ3n) is 1.31. The van der Waals surface area contributed by atoms with Gasteiger partial charge < -0.3 is 4.74 Å². The van der Waals surface area contributed by atoms with Crippen molar-refractivity contribution in [2.45, 2.75) is 6.59 Å². The first kappa shape index (κ1) is 8.79. The van der Waals surface area contributed by atoms with Crippen molar-refractivity contribution in [3.05, 3.63) is 34.1 Å². The van der Waals surface area contributed by atoms with Gasteiger partial charge in [0.1, 0.15) is 5.82 Å². The summed E-state index contributed by atoms with van der Waals surface area (Å²) in [5, 5.41) is 10.3. The second-order valence-corrected chi connectivity index (χ2v) is 2.20. The molecule has 0 fully saturated rings. The second kappa shape index (κ2) is 3.95. The molecule has 0 saturated heterocycles. The van der Waals surface area contributed by atoms with E-state index < -0.39 is 28.8 Å². The predicted molar refractivity (Wildman–Crippen MR) is 39.7 cm³/mol. The Hall–Kier alpha value is -1.79. The Morgan fingerprint density at radius 2 is 2.21 bits per heavy atom. The van der Waals surface area contributed by atoms with Gasteiger partial charge in [0.05, 0.1) is 4.92 Å². The lowest BCUT2D eigenvalue weighted by Gasteiger charge is -2.04. The minimum absolute atomic E-state index is 0.417.